The summed E-state index contributed by atoms with van der Waals surface area (Å²) in [5.74, 6) is 0. The molecule has 1 unspecified atom stereocenters. The third-order valence-electron chi connectivity index (χ3n) is 5.06. The maximum Gasteiger partial charge on any atom is 0.199 e. The number of hydrogen-bond donors (Lipinski definition) is 0. The van der Waals surface area contributed by atoms with Crippen molar-refractivity contribution in [2.75, 3.05) is 26.2 Å². The van der Waals surface area contributed by atoms with Gasteiger partial charge in [0.1, 0.15) is 10.5 Å². The molecule has 2 aliphatic rings. The van der Waals surface area contributed by atoms with Gasteiger partial charge in [0.15, 0.2) is 9.84 Å². The molecule has 3 heterocycles. The lowest BCUT2D eigenvalue weighted by Gasteiger charge is -2.39. The minimum Gasteiger partial charge on any atom is -0.300 e. The lowest BCUT2D eigenvalue weighted by atomic mass is 10.0. The molecule has 2 saturated heterocycles. The van der Waals surface area contributed by atoms with E-state index in [0.717, 1.165) is 25.9 Å². The lowest BCUT2D eigenvalue weighted by molar-refractivity contribution is 0.126. The molecular weight excluding hydrogens is 346 g/mol. The molecule has 0 bridgehead atoms. The van der Waals surface area contributed by atoms with Crippen LogP contribution in [-0.4, -0.2) is 60.8 Å². The molecule has 0 aromatic carbocycles. The fourth-order valence-corrected chi connectivity index (χ4v) is 5.46. The van der Waals surface area contributed by atoms with E-state index in [4.69, 9.17) is 11.6 Å². The zero-order valence-electron chi connectivity index (χ0n) is 13.8. The number of sulfone groups is 1. The van der Waals surface area contributed by atoms with Crippen LogP contribution in [0.25, 0.3) is 0 Å². The summed E-state index contributed by atoms with van der Waals surface area (Å²) in [5.41, 5.74) is 0. The molecule has 5 nitrogen and oxygen atoms in total. The number of nitrogens with zero attached hydrogens (tertiary/aromatic N) is 3. The second-order valence-corrected chi connectivity index (χ2v) is 8.93. The standard InChI is InChI=1S/C17H24ClN3O2S/c1-2-17(24(22,23)15-5-6-16(18)19-13-15)21-11-7-14(8-12-21)20-9-3-4-10-20/h2,5-6,13-14,17H,1,3-4,7-12H2. The normalized spacial score (nSPS) is 22.5. The van der Waals surface area contributed by atoms with Gasteiger partial charge in [0.05, 0.1) is 4.90 Å². The van der Waals surface area contributed by atoms with Gasteiger partial charge in [-0.25, -0.2) is 13.4 Å². The van der Waals surface area contributed by atoms with Gasteiger partial charge in [-0.2, -0.15) is 0 Å². The molecule has 3 rings (SSSR count). The zero-order chi connectivity index (χ0) is 17.2. The van der Waals surface area contributed by atoms with Gasteiger partial charge in [0.2, 0.25) is 0 Å². The Morgan fingerprint density at radius 3 is 2.42 bits per heavy atom. The van der Waals surface area contributed by atoms with E-state index < -0.39 is 15.2 Å². The molecule has 0 aliphatic carbocycles. The highest BCUT2D eigenvalue weighted by Crippen LogP contribution is 2.26. The van der Waals surface area contributed by atoms with Gasteiger partial charge >= 0.3 is 0 Å². The summed E-state index contributed by atoms with van der Waals surface area (Å²) in [6.45, 7) is 7.69. The predicted molar refractivity (Wildman–Crippen MR) is 95.8 cm³/mol. The van der Waals surface area contributed by atoms with Gasteiger partial charge in [0.25, 0.3) is 0 Å². The first-order chi connectivity index (χ1) is 11.5. The van der Waals surface area contributed by atoms with Crippen molar-refractivity contribution in [3.05, 3.63) is 36.1 Å². The van der Waals surface area contributed by atoms with Crippen LogP contribution in [0.4, 0.5) is 0 Å². The maximum atomic E-state index is 12.9. The predicted octanol–water partition coefficient (Wildman–Crippen LogP) is 2.58. The highest BCUT2D eigenvalue weighted by molar-refractivity contribution is 7.92. The Labute approximate surface area is 149 Å². The van der Waals surface area contributed by atoms with Crippen molar-refractivity contribution < 1.29 is 8.42 Å². The first-order valence-electron chi connectivity index (χ1n) is 8.48. The van der Waals surface area contributed by atoms with Crippen molar-refractivity contribution in [1.29, 1.82) is 0 Å². The average Bonchev–Trinajstić information content (AvgIpc) is 3.11. The Balaban J connectivity index is 1.70. The fraction of sp³-hybridized carbons (Fsp3) is 0.588. The van der Waals surface area contributed by atoms with E-state index in [1.165, 1.54) is 50.3 Å². The number of aromatic nitrogens is 1. The van der Waals surface area contributed by atoms with E-state index in [9.17, 15) is 8.42 Å². The lowest BCUT2D eigenvalue weighted by Crippen LogP contribution is -2.49. The molecule has 0 N–H and O–H groups in total. The molecule has 2 fully saturated rings. The SMILES string of the molecule is C=CC(N1CCC(N2CCCC2)CC1)S(=O)(=O)c1ccc(Cl)nc1. The summed E-state index contributed by atoms with van der Waals surface area (Å²) in [7, 11) is -3.53. The van der Waals surface area contributed by atoms with Crippen LogP contribution in [0.5, 0.6) is 0 Å². The Morgan fingerprint density at radius 2 is 1.88 bits per heavy atom. The summed E-state index contributed by atoms with van der Waals surface area (Å²) in [6, 6.07) is 3.61. The third-order valence-corrected chi connectivity index (χ3v) is 7.31. The van der Waals surface area contributed by atoms with Crippen molar-refractivity contribution in [3.8, 4) is 0 Å². The molecule has 0 radical (unpaired) electrons. The van der Waals surface area contributed by atoms with Crippen LogP contribution >= 0.6 is 11.6 Å². The number of pyridine rings is 1. The number of halogens is 1. The molecule has 132 valence electrons. The minimum absolute atomic E-state index is 0.193. The van der Waals surface area contributed by atoms with Crippen LogP contribution in [0, 0.1) is 0 Å². The average molecular weight is 370 g/mol. The number of likely N-dealkylation sites (tertiary alicyclic amines) is 2. The molecular formula is C17H24ClN3O2S. The van der Waals surface area contributed by atoms with Gasteiger partial charge in [-0.3, -0.25) is 4.90 Å². The molecule has 1 aromatic rings. The second kappa shape index (κ2) is 7.52. The molecule has 0 saturated carbocycles. The van der Waals surface area contributed by atoms with Gasteiger partial charge in [0, 0.05) is 25.3 Å². The van der Waals surface area contributed by atoms with E-state index in [-0.39, 0.29) is 10.0 Å². The smallest absolute Gasteiger partial charge is 0.199 e. The quantitative estimate of drug-likeness (QED) is 0.589. The number of hydrogen-bond acceptors (Lipinski definition) is 5. The molecule has 1 atom stereocenters. The topological polar surface area (TPSA) is 53.5 Å². The van der Waals surface area contributed by atoms with Crippen LogP contribution in [-0.2, 0) is 9.84 Å². The number of piperidine rings is 1. The highest BCUT2D eigenvalue weighted by atomic mass is 35.5. The van der Waals surface area contributed by atoms with Crippen LogP contribution < -0.4 is 0 Å². The van der Waals surface area contributed by atoms with E-state index >= 15 is 0 Å². The van der Waals surface area contributed by atoms with Gasteiger partial charge in [-0.05, 0) is 50.9 Å². The molecule has 7 heteroatoms. The minimum atomic E-state index is -3.53. The molecule has 24 heavy (non-hydrogen) atoms. The molecule has 2 aliphatic heterocycles. The first kappa shape index (κ1) is 17.9. The van der Waals surface area contributed by atoms with Crippen molar-refractivity contribution >= 4 is 21.4 Å². The monoisotopic (exact) mass is 369 g/mol. The Bertz CT molecular complexity index is 664. The zero-order valence-corrected chi connectivity index (χ0v) is 15.3. The molecule has 1 aromatic heterocycles. The van der Waals surface area contributed by atoms with Crippen LogP contribution in [0.3, 0.4) is 0 Å². The Morgan fingerprint density at radius 1 is 1.21 bits per heavy atom. The number of rotatable bonds is 5. The molecule has 0 amide bonds. The fourth-order valence-electron chi connectivity index (χ4n) is 3.75. The summed E-state index contributed by atoms with van der Waals surface area (Å²) in [6.07, 6.45) is 7.45. The van der Waals surface area contributed by atoms with E-state index in [1.807, 2.05) is 4.90 Å². The van der Waals surface area contributed by atoms with Gasteiger partial charge in [-0.1, -0.05) is 17.7 Å². The Kier molecular flexibility index (Phi) is 5.59. The summed E-state index contributed by atoms with van der Waals surface area (Å²) in [5, 5.41) is -0.421. The van der Waals surface area contributed by atoms with E-state index in [0.29, 0.717) is 6.04 Å². The summed E-state index contributed by atoms with van der Waals surface area (Å²) >= 11 is 5.76. The Hall–Kier alpha value is -0.950. The summed E-state index contributed by atoms with van der Waals surface area (Å²) in [4.78, 5) is 8.66. The van der Waals surface area contributed by atoms with Crippen molar-refractivity contribution in [2.24, 2.45) is 0 Å². The third kappa shape index (κ3) is 3.67. The van der Waals surface area contributed by atoms with Crippen LogP contribution in [0.1, 0.15) is 25.7 Å². The van der Waals surface area contributed by atoms with Crippen LogP contribution in [0.15, 0.2) is 35.9 Å². The van der Waals surface area contributed by atoms with E-state index in [1.54, 1.807) is 0 Å². The second-order valence-electron chi connectivity index (χ2n) is 6.50. The van der Waals surface area contributed by atoms with Crippen LogP contribution in [0.2, 0.25) is 5.15 Å². The van der Waals surface area contributed by atoms with Gasteiger partial charge < -0.3 is 4.90 Å². The molecule has 0 spiro atoms. The van der Waals surface area contributed by atoms with Gasteiger partial charge in [-0.15, -0.1) is 6.58 Å². The van der Waals surface area contributed by atoms with Crippen molar-refractivity contribution in [2.45, 2.75) is 42.0 Å². The van der Waals surface area contributed by atoms with Crippen molar-refractivity contribution in [3.63, 3.8) is 0 Å². The maximum absolute atomic E-state index is 12.9. The highest BCUT2D eigenvalue weighted by Gasteiger charge is 2.34. The largest absolute Gasteiger partial charge is 0.300 e. The van der Waals surface area contributed by atoms with Crippen molar-refractivity contribution in [1.82, 2.24) is 14.8 Å². The summed E-state index contributed by atoms with van der Waals surface area (Å²) < 4.78 is 25.8. The van der Waals surface area contributed by atoms with E-state index in [2.05, 4.69) is 16.5 Å². The first-order valence-corrected chi connectivity index (χ1v) is 10.4.